The van der Waals surface area contributed by atoms with E-state index >= 15 is 0 Å². The topological polar surface area (TPSA) is 54.1 Å². The lowest BCUT2D eigenvalue weighted by Crippen LogP contribution is -2.25. The van der Waals surface area contributed by atoms with Gasteiger partial charge in [-0.1, -0.05) is 30.3 Å². The summed E-state index contributed by atoms with van der Waals surface area (Å²) in [4.78, 5) is 15.6. The second kappa shape index (κ2) is 8.68. The number of ether oxygens (including phenoxy) is 1. The molecule has 0 radical (unpaired) electrons. The maximum atomic E-state index is 12.3. The van der Waals surface area contributed by atoms with E-state index in [0.29, 0.717) is 25.3 Å². The van der Waals surface area contributed by atoms with Crippen LogP contribution in [0.4, 0.5) is 0 Å². The van der Waals surface area contributed by atoms with Crippen LogP contribution in [0, 0.1) is 13.8 Å². The molecule has 0 unspecified atom stereocenters. The molecule has 0 saturated carbocycles. The summed E-state index contributed by atoms with van der Waals surface area (Å²) in [6.45, 7) is 6.10. The average Bonchev–Trinajstić information content (AvgIpc) is 2.95. The second-order valence-electron chi connectivity index (χ2n) is 6.59. The maximum Gasteiger partial charge on any atom is 0.251 e. The number of amides is 1. The van der Waals surface area contributed by atoms with Crippen molar-refractivity contribution in [1.29, 1.82) is 0 Å². The van der Waals surface area contributed by atoms with Gasteiger partial charge < -0.3 is 15.0 Å². The molecule has 136 valence electrons. The lowest BCUT2D eigenvalue weighted by Gasteiger charge is -2.07. The van der Waals surface area contributed by atoms with Crippen LogP contribution < -0.4 is 5.32 Å². The first kappa shape index (κ1) is 18.2. The van der Waals surface area contributed by atoms with Crippen LogP contribution in [-0.4, -0.2) is 30.6 Å². The summed E-state index contributed by atoms with van der Waals surface area (Å²) in [6.07, 6.45) is 1.73. The Morgan fingerprint density at radius 3 is 2.69 bits per heavy atom. The molecule has 0 saturated heterocycles. The molecule has 4 heteroatoms. The van der Waals surface area contributed by atoms with E-state index in [2.05, 4.69) is 29.4 Å². The van der Waals surface area contributed by atoms with Gasteiger partial charge in [-0.3, -0.25) is 4.79 Å². The minimum Gasteiger partial charge on any atom is -0.381 e. The predicted octanol–water partition coefficient (Wildman–Crippen LogP) is 4.16. The Morgan fingerprint density at radius 2 is 1.88 bits per heavy atom. The Morgan fingerprint density at radius 1 is 1.08 bits per heavy atom. The Labute approximate surface area is 154 Å². The van der Waals surface area contributed by atoms with Crippen LogP contribution in [-0.2, 0) is 11.2 Å². The standard InChI is InChI=1S/C22H26N2O2/c1-16-17(2)24-21-10-9-19(15-20(16)21)22(25)23-12-6-13-26-14-11-18-7-4-3-5-8-18/h3-5,7-10,15,24H,6,11-14H2,1-2H3,(H,23,25). The number of hydrogen-bond acceptors (Lipinski definition) is 2. The highest BCUT2D eigenvalue weighted by Gasteiger charge is 2.09. The van der Waals surface area contributed by atoms with E-state index in [9.17, 15) is 4.79 Å². The number of hydrogen-bond donors (Lipinski definition) is 2. The van der Waals surface area contributed by atoms with Crippen LogP contribution >= 0.6 is 0 Å². The van der Waals surface area contributed by atoms with Gasteiger partial charge in [0.1, 0.15) is 0 Å². The van der Waals surface area contributed by atoms with Gasteiger partial charge in [-0.15, -0.1) is 0 Å². The molecule has 0 aliphatic carbocycles. The molecule has 4 nitrogen and oxygen atoms in total. The number of nitrogens with one attached hydrogen (secondary N) is 2. The molecule has 2 aromatic carbocycles. The zero-order chi connectivity index (χ0) is 18.4. The minimum absolute atomic E-state index is 0.0329. The van der Waals surface area contributed by atoms with Crippen molar-refractivity contribution < 1.29 is 9.53 Å². The van der Waals surface area contributed by atoms with Gasteiger partial charge in [-0.05, 0) is 56.0 Å². The number of aryl methyl sites for hydroxylation is 2. The van der Waals surface area contributed by atoms with Crippen LogP contribution in [0.3, 0.4) is 0 Å². The molecule has 1 amide bonds. The monoisotopic (exact) mass is 350 g/mol. The third kappa shape index (κ3) is 4.52. The molecule has 2 N–H and O–H groups in total. The quantitative estimate of drug-likeness (QED) is 0.599. The van der Waals surface area contributed by atoms with Crippen molar-refractivity contribution in [3.63, 3.8) is 0 Å². The third-order valence-corrected chi connectivity index (χ3v) is 4.70. The minimum atomic E-state index is -0.0329. The normalized spacial score (nSPS) is 11.0. The summed E-state index contributed by atoms with van der Waals surface area (Å²) in [5.41, 5.74) is 5.39. The molecule has 0 fully saturated rings. The Balaban J connectivity index is 1.38. The molecule has 0 atom stereocenters. The molecule has 0 aliphatic heterocycles. The summed E-state index contributed by atoms with van der Waals surface area (Å²) >= 11 is 0. The first-order valence-electron chi connectivity index (χ1n) is 9.14. The van der Waals surface area contributed by atoms with E-state index in [4.69, 9.17) is 4.74 Å². The van der Waals surface area contributed by atoms with E-state index in [1.54, 1.807) is 0 Å². The van der Waals surface area contributed by atoms with Crippen molar-refractivity contribution in [1.82, 2.24) is 10.3 Å². The molecule has 0 aliphatic rings. The number of H-pyrrole nitrogens is 1. The van der Waals surface area contributed by atoms with E-state index in [1.165, 1.54) is 11.1 Å². The van der Waals surface area contributed by atoms with Crippen LogP contribution in [0.5, 0.6) is 0 Å². The number of aromatic nitrogens is 1. The SMILES string of the molecule is Cc1[nH]c2ccc(C(=O)NCCCOCCc3ccccc3)cc2c1C. The number of aromatic amines is 1. The predicted molar refractivity (Wildman–Crippen MR) is 106 cm³/mol. The van der Waals surface area contributed by atoms with Crippen molar-refractivity contribution in [2.45, 2.75) is 26.7 Å². The van der Waals surface area contributed by atoms with Gasteiger partial charge in [-0.25, -0.2) is 0 Å². The largest absolute Gasteiger partial charge is 0.381 e. The van der Waals surface area contributed by atoms with E-state index in [-0.39, 0.29) is 5.91 Å². The smallest absolute Gasteiger partial charge is 0.251 e. The Bertz CT molecular complexity index is 868. The molecule has 26 heavy (non-hydrogen) atoms. The van der Waals surface area contributed by atoms with Crippen molar-refractivity contribution in [2.75, 3.05) is 19.8 Å². The number of rotatable bonds is 8. The van der Waals surface area contributed by atoms with Crippen molar-refractivity contribution in [2.24, 2.45) is 0 Å². The number of carbonyl (C=O) groups is 1. The van der Waals surface area contributed by atoms with Crippen molar-refractivity contribution >= 4 is 16.8 Å². The van der Waals surface area contributed by atoms with E-state index in [1.807, 2.05) is 43.3 Å². The molecular formula is C22H26N2O2. The summed E-state index contributed by atoms with van der Waals surface area (Å²) in [5.74, 6) is -0.0329. The summed E-state index contributed by atoms with van der Waals surface area (Å²) in [7, 11) is 0. The highest BCUT2D eigenvalue weighted by Crippen LogP contribution is 2.22. The van der Waals surface area contributed by atoms with Crippen LogP contribution in [0.1, 0.15) is 33.6 Å². The first-order chi connectivity index (χ1) is 12.6. The first-order valence-corrected chi connectivity index (χ1v) is 9.14. The van der Waals surface area contributed by atoms with Gasteiger partial charge in [0.05, 0.1) is 6.61 Å². The van der Waals surface area contributed by atoms with Crippen molar-refractivity contribution in [3.8, 4) is 0 Å². The fourth-order valence-corrected chi connectivity index (χ4v) is 3.02. The van der Waals surface area contributed by atoms with Crippen LogP contribution in [0.15, 0.2) is 48.5 Å². The molecule has 0 bridgehead atoms. The fourth-order valence-electron chi connectivity index (χ4n) is 3.02. The summed E-state index contributed by atoms with van der Waals surface area (Å²) in [5, 5.41) is 4.08. The van der Waals surface area contributed by atoms with Gasteiger partial charge in [0.25, 0.3) is 5.91 Å². The summed E-state index contributed by atoms with van der Waals surface area (Å²) in [6, 6.07) is 16.1. The fraction of sp³-hybridized carbons (Fsp3) is 0.318. The number of benzene rings is 2. The lowest BCUT2D eigenvalue weighted by molar-refractivity contribution is 0.0942. The molecular weight excluding hydrogens is 324 g/mol. The highest BCUT2D eigenvalue weighted by atomic mass is 16.5. The van der Waals surface area contributed by atoms with Gasteiger partial charge in [0.15, 0.2) is 0 Å². The van der Waals surface area contributed by atoms with Gasteiger partial charge >= 0.3 is 0 Å². The van der Waals surface area contributed by atoms with Crippen LogP contribution in [0.2, 0.25) is 0 Å². The number of carbonyl (C=O) groups excluding carboxylic acids is 1. The summed E-state index contributed by atoms with van der Waals surface area (Å²) < 4.78 is 5.65. The zero-order valence-electron chi connectivity index (χ0n) is 15.5. The van der Waals surface area contributed by atoms with Gasteiger partial charge in [0, 0.05) is 35.3 Å². The second-order valence-corrected chi connectivity index (χ2v) is 6.59. The third-order valence-electron chi connectivity index (χ3n) is 4.70. The van der Waals surface area contributed by atoms with Crippen LogP contribution in [0.25, 0.3) is 10.9 Å². The molecule has 3 aromatic rings. The molecule has 0 spiro atoms. The van der Waals surface area contributed by atoms with Gasteiger partial charge in [0.2, 0.25) is 0 Å². The van der Waals surface area contributed by atoms with Gasteiger partial charge in [-0.2, -0.15) is 0 Å². The van der Waals surface area contributed by atoms with E-state index < -0.39 is 0 Å². The molecule has 3 rings (SSSR count). The molecule has 1 heterocycles. The highest BCUT2D eigenvalue weighted by molar-refractivity contribution is 5.99. The lowest BCUT2D eigenvalue weighted by atomic mass is 10.1. The maximum absolute atomic E-state index is 12.3. The Hall–Kier alpha value is -2.59. The van der Waals surface area contributed by atoms with E-state index in [0.717, 1.165) is 29.4 Å². The molecule has 1 aromatic heterocycles. The zero-order valence-corrected chi connectivity index (χ0v) is 15.5. The van der Waals surface area contributed by atoms with Crippen molar-refractivity contribution in [3.05, 3.63) is 70.9 Å². The Kier molecular flexibility index (Phi) is 6.08. The average molecular weight is 350 g/mol. The number of fused-ring (bicyclic) bond motifs is 1.